The first-order chi connectivity index (χ1) is 11.6. The number of carbonyl (C=O) groups is 1. The average molecular weight is 342 g/mol. The summed E-state index contributed by atoms with van der Waals surface area (Å²) in [6.07, 6.45) is 3.24. The van der Waals surface area contributed by atoms with Gasteiger partial charge in [-0.3, -0.25) is 4.79 Å². The highest BCUT2D eigenvalue weighted by molar-refractivity contribution is 6.31. The van der Waals surface area contributed by atoms with Crippen LogP contribution in [-0.2, 0) is 6.54 Å². The highest BCUT2D eigenvalue weighted by Gasteiger charge is 2.09. The molecule has 0 aliphatic carbocycles. The lowest BCUT2D eigenvalue weighted by Gasteiger charge is -2.09. The minimum absolute atomic E-state index is 0.280. The fraction of sp³-hybridized carbons (Fsp3) is 0.111. The van der Waals surface area contributed by atoms with E-state index in [1.54, 1.807) is 36.7 Å². The van der Waals surface area contributed by atoms with E-state index in [1.807, 2.05) is 25.1 Å². The number of halogens is 1. The van der Waals surface area contributed by atoms with Crippen LogP contribution in [0.5, 0.6) is 0 Å². The maximum Gasteiger partial charge on any atom is 0.274 e. The fourth-order valence-corrected chi connectivity index (χ4v) is 2.32. The van der Waals surface area contributed by atoms with Crippen molar-refractivity contribution in [3.8, 4) is 0 Å². The standard InChI is InChI=1S/C18H16ClN3O2/c1-12-4-5-13(19)9-17(12)22-18(23)16-7-6-14(10-21-16)20-11-15-3-2-8-24-15/h2-10,20H,11H2,1H3,(H,22,23). The fourth-order valence-electron chi connectivity index (χ4n) is 2.15. The molecular weight excluding hydrogens is 326 g/mol. The molecule has 1 aromatic carbocycles. The van der Waals surface area contributed by atoms with Crippen LogP contribution in [0.15, 0.2) is 59.3 Å². The number of aryl methyl sites for hydroxylation is 1. The van der Waals surface area contributed by atoms with E-state index in [2.05, 4.69) is 15.6 Å². The van der Waals surface area contributed by atoms with Gasteiger partial charge in [0.15, 0.2) is 0 Å². The van der Waals surface area contributed by atoms with Crippen molar-refractivity contribution >= 4 is 28.9 Å². The Balaban J connectivity index is 1.64. The summed E-state index contributed by atoms with van der Waals surface area (Å²) < 4.78 is 5.25. The van der Waals surface area contributed by atoms with E-state index < -0.39 is 0 Å². The molecule has 3 rings (SSSR count). The quantitative estimate of drug-likeness (QED) is 0.717. The predicted octanol–water partition coefficient (Wildman–Crippen LogP) is 4.50. The Morgan fingerprint density at radius 1 is 1.25 bits per heavy atom. The minimum Gasteiger partial charge on any atom is -0.467 e. The number of aromatic nitrogens is 1. The van der Waals surface area contributed by atoms with Crippen molar-refractivity contribution in [2.45, 2.75) is 13.5 Å². The summed E-state index contributed by atoms with van der Waals surface area (Å²) in [6, 6.07) is 12.5. The van der Waals surface area contributed by atoms with Crippen molar-refractivity contribution in [2.75, 3.05) is 10.6 Å². The van der Waals surface area contributed by atoms with Gasteiger partial charge in [0.25, 0.3) is 5.91 Å². The third-order valence-corrected chi connectivity index (χ3v) is 3.73. The molecule has 2 aromatic heterocycles. The van der Waals surface area contributed by atoms with Gasteiger partial charge in [-0.2, -0.15) is 0 Å². The lowest BCUT2D eigenvalue weighted by Crippen LogP contribution is -2.14. The first-order valence-electron chi connectivity index (χ1n) is 7.41. The van der Waals surface area contributed by atoms with E-state index in [9.17, 15) is 4.79 Å². The van der Waals surface area contributed by atoms with Gasteiger partial charge in [0, 0.05) is 10.7 Å². The third-order valence-electron chi connectivity index (χ3n) is 3.49. The minimum atomic E-state index is -0.280. The van der Waals surface area contributed by atoms with Crippen molar-refractivity contribution in [3.63, 3.8) is 0 Å². The van der Waals surface area contributed by atoms with Crippen LogP contribution < -0.4 is 10.6 Å². The lowest BCUT2D eigenvalue weighted by atomic mass is 10.2. The molecule has 0 bridgehead atoms. The number of nitrogens with zero attached hydrogens (tertiary/aromatic N) is 1. The molecule has 2 N–H and O–H groups in total. The number of nitrogens with one attached hydrogen (secondary N) is 2. The van der Waals surface area contributed by atoms with Gasteiger partial charge in [-0.25, -0.2) is 4.98 Å². The molecule has 1 amide bonds. The molecule has 2 heterocycles. The molecule has 0 spiro atoms. The molecule has 0 unspecified atom stereocenters. The first kappa shape index (κ1) is 16.1. The van der Waals surface area contributed by atoms with Crippen LogP contribution in [0.1, 0.15) is 21.8 Å². The molecule has 0 atom stereocenters. The zero-order chi connectivity index (χ0) is 16.9. The van der Waals surface area contributed by atoms with E-state index in [0.29, 0.717) is 22.9 Å². The second-order valence-electron chi connectivity index (χ2n) is 5.28. The number of hydrogen-bond donors (Lipinski definition) is 2. The van der Waals surface area contributed by atoms with E-state index in [4.69, 9.17) is 16.0 Å². The van der Waals surface area contributed by atoms with Crippen molar-refractivity contribution in [1.29, 1.82) is 0 Å². The second-order valence-corrected chi connectivity index (χ2v) is 5.71. The molecule has 0 saturated carbocycles. The van der Waals surface area contributed by atoms with Crippen LogP contribution in [0.25, 0.3) is 0 Å². The Morgan fingerprint density at radius 3 is 2.83 bits per heavy atom. The summed E-state index contributed by atoms with van der Waals surface area (Å²) in [4.78, 5) is 16.5. The Morgan fingerprint density at radius 2 is 2.12 bits per heavy atom. The monoisotopic (exact) mass is 341 g/mol. The zero-order valence-electron chi connectivity index (χ0n) is 13.0. The van der Waals surface area contributed by atoms with Crippen LogP contribution in [0, 0.1) is 6.92 Å². The van der Waals surface area contributed by atoms with Gasteiger partial charge >= 0.3 is 0 Å². The molecule has 0 aliphatic heterocycles. The zero-order valence-corrected chi connectivity index (χ0v) is 13.8. The number of furan rings is 1. The Kier molecular flexibility index (Phi) is 4.82. The van der Waals surface area contributed by atoms with Crippen LogP contribution in [0.3, 0.4) is 0 Å². The van der Waals surface area contributed by atoms with Crippen LogP contribution in [0.2, 0.25) is 5.02 Å². The summed E-state index contributed by atoms with van der Waals surface area (Å²) in [6.45, 7) is 2.46. The van der Waals surface area contributed by atoms with Crippen molar-refractivity contribution in [1.82, 2.24) is 4.98 Å². The molecule has 122 valence electrons. The number of benzene rings is 1. The van der Waals surface area contributed by atoms with E-state index in [1.165, 1.54) is 0 Å². The number of amides is 1. The maximum absolute atomic E-state index is 12.3. The van der Waals surface area contributed by atoms with E-state index in [0.717, 1.165) is 17.0 Å². The summed E-state index contributed by atoms with van der Waals surface area (Å²) in [5, 5.41) is 6.56. The molecule has 0 fully saturated rings. The second kappa shape index (κ2) is 7.19. The number of carbonyl (C=O) groups excluding carboxylic acids is 1. The number of rotatable bonds is 5. The molecule has 5 nitrogen and oxygen atoms in total. The Hall–Kier alpha value is -2.79. The summed E-state index contributed by atoms with van der Waals surface area (Å²) >= 11 is 5.96. The summed E-state index contributed by atoms with van der Waals surface area (Å²) in [7, 11) is 0. The molecule has 0 radical (unpaired) electrons. The van der Waals surface area contributed by atoms with E-state index in [-0.39, 0.29) is 5.91 Å². The molecule has 0 aliphatic rings. The normalized spacial score (nSPS) is 10.4. The molecule has 0 saturated heterocycles. The van der Waals surface area contributed by atoms with Crippen molar-refractivity contribution in [2.24, 2.45) is 0 Å². The Labute approximate surface area is 144 Å². The summed E-state index contributed by atoms with van der Waals surface area (Å²) in [5.41, 5.74) is 2.75. The van der Waals surface area contributed by atoms with Gasteiger partial charge in [0.1, 0.15) is 11.5 Å². The van der Waals surface area contributed by atoms with Crippen LogP contribution in [0.4, 0.5) is 11.4 Å². The number of pyridine rings is 1. The maximum atomic E-state index is 12.3. The molecule has 24 heavy (non-hydrogen) atoms. The van der Waals surface area contributed by atoms with Crippen LogP contribution in [-0.4, -0.2) is 10.9 Å². The molecular formula is C18H16ClN3O2. The highest BCUT2D eigenvalue weighted by Crippen LogP contribution is 2.20. The SMILES string of the molecule is Cc1ccc(Cl)cc1NC(=O)c1ccc(NCc2ccco2)cn1. The summed E-state index contributed by atoms with van der Waals surface area (Å²) in [5.74, 6) is 0.547. The molecule has 6 heteroatoms. The smallest absolute Gasteiger partial charge is 0.274 e. The number of anilines is 2. The topological polar surface area (TPSA) is 67.2 Å². The highest BCUT2D eigenvalue weighted by atomic mass is 35.5. The van der Waals surface area contributed by atoms with Gasteiger partial charge < -0.3 is 15.1 Å². The lowest BCUT2D eigenvalue weighted by molar-refractivity contribution is 0.102. The van der Waals surface area contributed by atoms with Crippen LogP contribution >= 0.6 is 11.6 Å². The van der Waals surface area contributed by atoms with E-state index >= 15 is 0 Å². The number of hydrogen-bond acceptors (Lipinski definition) is 4. The first-order valence-corrected chi connectivity index (χ1v) is 7.79. The van der Waals surface area contributed by atoms with Gasteiger partial charge in [-0.1, -0.05) is 17.7 Å². The average Bonchev–Trinajstić information content (AvgIpc) is 3.10. The van der Waals surface area contributed by atoms with Crippen molar-refractivity contribution in [3.05, 3.63) is 77.0 Å². The predicted molar refractivity (Wildman–Crippen MR) is 94.4 cm³/mol. The largest absolute Gasteiger partial charge is 0.467 e. The third kappa shape index (κ3) is 3.94. The Bertz CT molecular complexity index is 830. The van der Waals surface area contributed by atoms with Gasteiger partial charge in [-0.15, -0.1) is 0 Å². The molecule has 3 aromatic rings. The van der Waals surface area contributed by atoms with Gasteiger partial charge in [0.2, 0.25) is 0 Å². The van der Waals surface area contributed by atoms with Crippen molar-refractivity contribution < 1.29 is 9.21 Å². The van der Waals surface area contributed by atoms with Gasteiger partial charge in [0.05, 0.1) is 24.7 Å². The van der Waals surface area contributed by atoms with Gasteiger partial charge in [-0.05, 0) is 48.9 Å².